The van der Waals surface area contributed by atoms with Crippen LogP contribution in [0.4, 0.5) is 8.78 Å². The third kappa shape index (κ3) is 1.61. The lowest BCUT2D eigenvalue weighted by Crippen LogP contribution is -2.46. The SMILES string of the molecule is NC1(c2cccc(F)c2F)COCC1CO. The zero-order valence-corrected chi connectivity index (χ0v) is 8.62. The van der Waals surface area contributed by atoms with Crippen molar-refractivity contribution in [2.24, 2.45) is 11.7 Å². The van der Waals surface area contributed by atoms with Crippen LogP contribution >= 0.6 is 0 Å². The van der Waals surface area contributed by atoms with E-state index in [-0.39, 0.29) is 25.4 Å². The molecular weight excluding hydrogens is 216 g/mol. The standard InChI is InChI=1S/C11H13F2NO2/c12-9-3-1-2-8(10(9)13)11(14)6-16-5-7(11)4-15/h1-3,7,15H,4-6,14H2. The molecule has 0 bridgehead atoms. The number of ether oxygens (including phenoxy) is 1. The van der Waals surface area contributed by atoms with Gasteiger partial charge in [-0.1, -0.05) is 12.1 Å². The molecule has 3 N–H and O–H groups in total. The highest BCUT2D eigenvalue weighted by atomic mass is 19.2. The summed E-state index contributed by atoms with van der Waals surface area (Å²) >= 11 is 0. The highest BCUT2D eigenvalue weighted by Gasteiger charge is 2.43. The first kappa shape index (κ1) is 11.4. The van der Waals surface area contributed by atoms with Crippen LogP contribution in [0.3, 0.4) is 0 Å². The van der Waals surface area contributed by atoms with Crippen molar-refractivity contribution in [1.82, 2.24) is 0 Å². The molecule has 0 spiro atoms. The number of aliphatic hydroxyl groups is 1. The average Bonchev–Trinajstić information content (AvgIpc) is 2.64. The van der Waals surface area contributed by atoms with E-state index in [0.29, 0.717) is 0 Å². The zero-order chi connectivity index (χ0) is 11.8. The van der Waals surface area contributed by atoms with Gasteiger partial charge in [0.2, 0.25) is 0 Å². The maximum Gasteiger partial charge on any atom is 0.163 e. The van der Waals surface area contributed by atoms with E-state index in [1.807, 2.05) is 0 Å². The predicted molar refractivity (Wildman–Crippen MR) is 53.6 cm³/mol. The van der Waals surface area contributed by atoms with Gasteiger partial charge in [-0.05, 0) is 6.07 Å². The first-order chi connectivity index (χ1) is 7.59. The maximum atomic E-state index is 13.6. The molecule has 3 nitrogen and oxygen atoms in total. The minimum atomic E-state index is -1.15. The number of aliphatic hydroxyl groups excluding tert-OH is 1. The van der Waals surface area contributed by atoms with Crippen molar-refractivity contribution in [2.45, 2.75) is 5.54 Å². The molecule has 16 heavy (non-hydrogen) atoms. The minimum Gasteiger partial charge on any atom is -0.396 e. The molecule has 2 unspecified atom stereocenters. The fraction of sp³-hybridized carbons (Fsp3) is 0.455. The van der Waals surface area contributed by atoms with E-state index in [9.17, 15) is 8.78 Å². The first-order valence-electron chi connectivity index (χ1n) is 5.01. The summed E-state index contributed by atoms with van der Waals surface area (Å²) in [5.41, 5.74) is 4.92. The number of halogens is 2. The first-order valence-corrected chi connectivity index (χ1v) is 5.01. The molecule has 1 aliphatic rings. The highest BCUT2D eigenvalue weighted by molar-refractivity contribution is 5.29. The van der Waals surface area contributed by atoms with Gasteiger partial charge in [0.25, 0.3) is 0 Å². The van der Waals surface area contributed by atoms with Crippen molar-refractivity contribution in [2.75, 3.05) is 19.8 Å². The molecule has 0 radical (unpaired) electrons. The van der Waals surface area contributed by atoms with E-state index in [1.165, 1.54) is 12.1 Å². The van der Waals surface area contributed by atoms with Crippen molar-refractivity contribution in [3.05, 3.63) is 35.4 Å². The van der Waals surface area contributed by atoms with Crippen molar-refractivity contribution in [1.29, 1.82) is 0 Å². The molecule has 1 heterocycles. The number of hydrogen-bond acceptors (Lipinski definition) is 3. The molecule has 0 aromatic heterocycles. The number of benzene rings is 1. The Morgan fingerprint density at radius 3 is 2.94 bits per heavy atom. The summed E-state index contributed by atoms with van der Waals surface area (Å²) in [5, 5.41) is 9.15. The summed E-state index contributed by atoms with van der Waals surface area (Å²) in [7, 11) is 0. The average molecular weight is 229 g/mol. The van der Waals surface area contributed by atoms with Gasteiger partial charge in [0.1, 0.15) is 0 Å². The van der Waals surface area contributed by atoms with Crippen LogP contribution in [0.25, 0.3) is 0 Å². The Hall–Kier alpha value is -1.04. The molecule has 0 amide bonds. The highest BCUT2D eigenvalue weighted by Crippen LogP contribution is 2.34. The minimum absolute atomic E-state index is 0.0593. The van der Waals surface area contributed by atoms with E-state index in [0.717, 1.165) is 6.07 Å². The van der Waals surface area contributed by atoms with Crippen molar-refractivity contribution >= 4 is 0 Å². The van der Waals surface area contributed by atoms with E-state index in [1.54, 1.807) is 0 Å². The Morgan fingerprint density at radius 2 is 2.25 bits per heavy atom. The van der Waals surface area contributed by atoms with Crippen molar-refractivity contribution in [3.63, 3.8) is 0 Å². The Labute approximate surface area is 91.8 Å². The molecule has 1 fully saturated rings. The van der Waals surface area contributed by atoms with Gasteiger partial charge in [0, 0.05) is 11.5 Å². The predicted octanol–water partition coefficient (Wildman–Crippen LogP) is 0.758. The van der Waals surface area contributed by atoms with Gasteiger partial charge < -0.3 is 15.6 Å². The van der Waals surface area contributed by atoms with Crippen molar-refractivity contribution in [3.8, 4) is 0 Å². The lowest BCUT2D eigenvalue weighted by molar-refractivity contribution is 0.160. The summed E-state index contributed by atoms with van der Waals surface area (Å²) in [5.74, 6) is -2.32. The monoisotopic (exact) mass is 229 g/mol. The van der Waals surface area contributed by atoms with Crippen LogP contribution in [0.2, 0.25) is 0 Å². The quantitative estimate of drug-likeness (QED) is 0.787. The van der Waals surface area contributed by atoms with E-state index in [2.05, 4.69) is 0 Å². The molecule has 1 saturated heterocycles. The van der Waals surface area contributed by atoms with Crippen LogP contribution in [0.1, 0.15) is 5.56 Å². The van der Waals surface area contributed by atoms with Crippen molar-refractivity contribution < 1.29 is 18.6 Å². The summed E-state index contributed by atoms with van der Waals surface area (Å²) in [6.07, 6.45) is 0. The molecule has 88 valence electrons. The van der Waals surface area contributed by atoms with Crippen LogP contribution < -0.4 is 5.73 Å². The molecular formula is C11H13F2NO2. The van der Waals surface area contributed by atoms with Gasteiger partial charge in [-0.25, -0.2) is 8.78 Å². The largest absolute Gasteiger partial charge is 0.396 e. The zero-order valence-electron chi connectivity index (χ0n) is 8.62. The number of nitrogens with two attached hydrogens (primary N) is 1. The Morgan fingerprint density at radius 1 is 1.50 bits per heavy atom. The van der Waals surface area contributed by atoms with Gasteiger partial charge in [0.05, 0.1) is 25.4 Å². The lowest BCUT2D eigenvalue weighted by Gasteiger charge is -2.29. The van der Waals surface area contributed by atoms with E-state index < -0.39 is 23.1 Å². The Balaban J connectivity index is 2.46. The summed E-state index contributed by atoms with van der Waals surface area (Å²) in [4.78, 5) is 0. The molecule has 5 heteroatoms. The maximum absolute atomic E-state index is 13.6. The second kappa shape index (κ2) is 4.08. The van der Waals surface area contributed by atoms with E-state index >= 15 is 0 Å². The summed E-state index contributed by atoms with van der Waals surface area (Å²) in [6, 6.07) is 3.86. The topological polar surface area (TPSA) is 55.5 Å². The van der Waals surface area contributed by atoms with Crippen LogP contribution in [0.5, 0.6) is 0 Å². The van der Waals surface area contributed by atoms with Crippen LogP contribution in [0.15, 0.2) is 18.2 Å². The van der Waals surface area contributed by atoms with Gasteiger partial charge in [0.15, 0.2) is 11.6 Å². The molecule has 2 atom stereocenters. The van der Waals surface area contributed by atoms with Gasteiger partial charge in [-0.2, -0.15) is 0 Å². The Bertz CT molecular complexity index is 400. The third-order valence-electron chi connectivity index (χ3n) is 3.06. The molecule has 0 aliphatic carbocycles. The fourth-order valence-electron chi connectivity index (χ4n) is 2.01. The molecule has 1 aliphatic heterocycles. The molecule has 0 saturated carbocycles. The molecule has 2 rings (SSSR count). The lowest BCUT2D eigenvalue weighted by atomic mass is 9.81. The van der Waals surface area contributed by atoms with Crippen LogP contribution in [0, 0.1) is 17.6 Å². The summed E-state index contributed by atoms with van der Waals surface area (Å²) in [6.45, 7) is 0.119. The third-order valence-corrected chi connectivity index (χ3v) is 3.06. The van der Waals surface area contributed by atoms with Crippen LogP contribution in [-0.4, -0.2) is 24.9 Å². The molecule has 1 aromatic carbocycles. The smallest absolute Gasteiger partial charge is 0.163 e. The number of hydrogen-bond donors (Lipinski definition) is 2. The van der Waals surface area contributed by atoms with Gasteiger partial charge >= 0.3 is 0 Å². The van der Waals surface area contributed by atoms with Gasteiger partial charge in [-0.15, -0.1) is 0 Å². The second-order valence-corrected chi connectivity index (χ2v) is 4.04. The number of rotatable bonds is 2. The Kier molecular flexibility index (Phi) is 2.92. The van der Waals surface area contributed by atoms with E-state index in [4.69, 9.17) is 15.6 Å². The normalized spacial score (nSPS) is 29.6. The fourth-order valence-corrected chi connectivity index (χ4v) is 2.01. The van der Waals surface area contributed by atoms with Crippen LogP contribution in [-0.2, 0) is 10.3 Å². The van der Waals surface area contributed by atoms with Gasteiger partial charge in [-0.3, -0.25) is 0 Å². The second-order valence-electron chi connectivity index (χ2n) is 4.04. The summed E-state index contributed by atoms with van der Waals surface area (Å²) < 4.78 is 31.9. The molecule has 1 aromatic rings.